The highest BCUT2D eigenvalue weighted by Crippen LogP contribution is 2.25. The maximum Gasteiger partial charge on any atom is 0.359 e. The van der Waals surface area contributed by atoms with E-state index in [1.165, 1.54) is 12.0 Å². The molecule has 1 aromatic heterocycles. The quantitative estimate of drug-likeness (QED) is 0.523. The Hall–Kier alpha value is -3.63. The molecule has 2 heterocycles. The van der Waals surface area contributed by atoms with E-state index in [0.29, 0.717) is 23.2 Å². The van der Waals surface area contributed by atoms with Gasteiger partial charge in [-0.1, -0.05) is 30.0 Å². The summed E-state index contributed by atoms with van der Waals surface area (Å²) in [7, 11) is 2.97. The van der Waals surface area contributed by atoms with Gasteiger partial charge in [0, 0.05) is 31.0 Å². The van der Waals surface area contributed by atoms with Crippen molar-refractivity contribution in [2.75, 3.05) is 20.7 Å². The predicted octanol–water partition coefficient (Wildman–Crippen LogP) is 2.07. The first-order chi connectivity index (χ1) is 14.3. The fourth-order valence-corrected chi connectivity index (χ4v) is 3.61. The lowest BCUT2D eigenvalue weighted by molar-refractivity contribution is -0.137. The average Bonchev–Trinajstić information content (AvgIpc) is 3.25. The Balaban J connectivity index is 1.80. The van der Waals surface area contributed by atoms with E-state index >= 15 is 0 Å². The molecule has 30 heavy (non-hydrogen) atoms. The summed E-state index contributed by atoms with van der Waals surface area (Å²) in [5.74, 6) is 4.78. The maximum atomic E-state index is 12.2. The third-order valence-electron chi connectivity index (χ3n) is 5.20. The maximum absolute atomic E-state index is 12.2. The Kier molecular flexibility index (Phi) is 4.80. The molecule has 1 amide bonds. The molecule has 0 radical (unpaired) electrons. The van der Waals surface area contributed by atoms with Crippen LogP contribution in [0.2, 0.25) is 0 Å². The summed E-state index contributed by atoms with van der Waals surface area (Å²) in [4.78, 5) is 25.8. The molecule has 7 nitrogen and oxygen atoms in total. The van der Waals surface area contributed by atoms with Crippen molar-refractivity contribution >= 4 is 22.8 Å². The summed E-state index contributed by atoms with van der Waals surface area (Å²) in [5.41, 5.74) is 1.62. The van der Waals surface area contributed by atoms with Crippen LogP contribution in [0.3, 0.4) is 0 Å². The number of hydrogen-bond donors (Lipinski definition) is 1. The molecule has 0 aliphatic carbocycles. The molecule has 1 atom stereocenters. The van der Waals surface area contributed by atoms with E-state index in [2.05, 4.69) is 16.9 Å². The molecule has 1 aliphatic heterocycles. The van der Waals surface area contributed by atoms with Crippen LogP contribution < -0.4 is 0 Å². The van der Waals surface area contributed by atoms with Crippen LogP contribution in [0.5, 0.6) is 0 Å². The number of fused-ring (bicyclic) bond motifs is 1. The van der Waals surface area contributed by atoms with Gasteiger partial charge in [-0.25, -0.2) is 9.48 Å². The summed E-state index contributed by atoms with van der Waals surface area (Å²) >= 11 is 0. The molecule has 0 bridgehead atoms. The van der Waals surface area contributed by atoms with E-state index in [1.807, 2.05) is 49.4 Å². The van der Waals surface area contributed by atoms with Crippen molar-refractivity contribution in [2.24, 2.45) is 0 Å². The number of para-hydroxylation sites is 1. The van der Waals surface area contributed by atoms with Gasteiger partial charge in [0.05, 0.1) is 18.3 Å². The van der Waals surface area contributed by atoms with E-state index in [1.54, 1.807) is 11.7 Å². The normalized spacial score (nSPS) is 18.4. The average molecular weight is 403 g/mol. The Morgan fingerprint density at radius 2 is 2.03 bits per heavy atom. The number of aromatic nitrogens is 2. The van der Waals surface area contributed by atoms with Crippen LogP contribution in [0.25, 0.3) is 16.6 Å². The lowest BCUT2D eigenvalue weighted by Gasteiger charge is -2.13. The van der Waals surface area contributed by atoms with E-state index < -0.39 is 11.6 Å². The highest BCUT2D eigenvalue weighted by atomic mass is 16.5. The van der Waals surface area contributed by atoms with Gasteiger partial charge in [-0.05, 0) is 36.8 Å². The number of aliphatic hydroxyl groups is 1. The molecule has 1 N–H and O–H groups in total. The van der Waals surface area contributed by atoms with Crippen LogP contribution in [0, 0.1) is 18.8 Å². The minimum atomic E-state index is -1.66. The number of hydrogen-bond acceptors (Lipinski definition) is 5. The van der Waals surface area contributed by atoms with Crippen molar-refractivity contribution in [2.45, 2.75) is 18.9 Å². The van der Waals surface area contributed by atoms with Crippen molar-refractivity contribution in [3.63, 3.8) is 0 Å². The number of nitrogens with zero attached hydrogens (tertiary/aromatic N) is 3. The number of aryl methyl sites for hydroxylation is 1. The fraction of sp³-hybridized carbons (Fsp3) is 0.261. The molecule has 1 fully saturated rings. The van der Waals surface area contributed by atoms with Crippen LogP contribution in [-0.2, 0) is 9.53 Å². The second-order valence-electron chi connectivity index (χ2n) is 7.41. The number of benzene rings is 2. The summed E-state index contributed by atoms with van der Waals surface area (Å²) < 4.78 is 6.54. The Morgan fingerprint density at radius 1 is 1.27 bits per heavy atom. The minimum Gasteiger partial charge on any atom is -0.464 e. The Labute approximate surface area is 173 Å². The molecule has 2 aromatic carbocycles. The van der Waals surface area contributed by atoms with Gasteiger partial charge < -0.3 is 14.7 Å². The van der Waals surface area contributed by atoms with Gasteiger partial charge in [0.25, 0.3) is 5.91 Å². The molecule has 1 aliphatic rings. The highest BCUT2D eigenvalue weighted by Gasteiger charge is 2.42. The predicted molar refractivity (Wildman–Crippen MR) is 111 cm³/mol. The van der Waals surface area contributed by atoms with E-state index in [-0.39, 0.29) is 18.0 Å². The third-order valence-corrected chi connectivity index (χ3v) is 5.20. The van der Waals surface area contributed by atoms with Crippen molar-refractivity contribution in [1.82, 2.24) is 14.7 Å². The van der Waals surface area contributed by atoms with Gasteiger partial charge in [-0.2, -0.15) is 5.10 Å². The highest BCUT2D eigenvalue weighted by molar-refractivity contribution is 6.02. The number of rotatable bonds is 2. The first-order valence-corrected chi connectivity index (χ1v) is 9.52. The first-order valence-electron chi connectivity index (χ1n) is 9.52. The molecule has 1 saturated heterocycles. The van der Waals surface area contributed by atoms with Crippen LogP contribution >= 0.6 is 0 Å². The van der Waals surface area contributed by atoms with Gasteiger partial charge in [-0.3, -0.25) is 4.79 Å². The lowest BCUT2D eigenvalue weighted by Crippen LogP contribution is -2.37. The van der Waals surface area contributed by atoms with Crippen LogP contribution in [0.4, 0.5) is 0 Å². The number of ether oxygens (including phenoxy) is 1. The van der Waals surface area contributed by atoms with Gasteiger partial charge in [-0.15, -0.1) is 0 Å². The minimum absolute atomic E-state index is 0.233. The van der Waals surface area contributed by atoms with Crippen molar-refractivity contribution in [1.29, 1.82) is 0 Å². The summed E-state index contributed by atoms with van der Waals surface area (Å²) in [6, 6.07) is 13.0. The number of likely N-dealkylation sites (N-methyl/N-ethyl adjacent to an activating group) is 1. The lowest BCUT2D eigenvalue weighted by atomic mass is 10.0. The standard InChI is InChI=1S/C23H21N3O4/c1-15-12-16(8-9-23(29)10-11-25(2)22(23)28)14-17(13-15)26-19-7-5-4-6-18(19)20(24-26)21(27)30-3/h4-7,12-14,29H,10-11H2,1-3H3/t23-/m0/s1. The van der Waals surface area contributed by atoms with E-state index in [0.717, 1.165) is 11.1 Å². The van der Waals surface area contributed by atoms with E-state index in [9.17, 15) is 14.7 Å². The second kappa shape index (κ2) is 7.32. The number of carbonyl (C=O) groups excluding carboxylic acids is 2. The second-order valence-corrected chi connectivity index (χ2v) is 7.41. The summed E-state index contributed by atoms with van der Waals surface area (Å²) in [6.07, 6.45) is 0.278. The zero-order valence-electron chi connectivity index (χ0n) is 17.0. The van der Waals surface area contributed by atoms with Crippen molar-refractivity contribution < 1.29 is 19.4 Å². The zero-order valence-corrected chi connectivity index (χ0v) is 17.0. The molecule has 7 heteroatoms. The monoisotopic (exact) mass is 403 g/mol. The van der Waals surface area contributed by atoms with Crippen LogP contribution in [-0.4, -0.2) is 58.0 Å². The number of esters is 1. The topological polar surface area (TPSA) is 84.7 Å². The number of methoxy groups -OCH3 is 1. The molecule has 3 aromatic rings. The van der Waals surface area contributed by atoms with E-state index in [4.69, 9.17) is 4.74 Å². The van der Waals surface area contributed by atoms with Crippen LogP contribution in [0.15, 0.2) is 42.5 Å². The smallest absolute Gasteiger partial charge is 0.359 e. The van der Waals surface area contributed by atoms with Gasteiger partial charge >= 0.3 is 5.97 Å². The van der Waals surface area contributed by atoms with Gasteiger partial charge in [0.2, 0.25) is 5.60 Å². The fourth-order valence-electron chi connectivity index (χ4n) is 3.61. The molecule has 4 rings (SSSR count). The number of likely N-dealkylation sites (tertiary alicyclic amines) is 1. The van der Waals surface area contributed by atoms with Gasteiger partial charge in [0.1, 0.15) is 0 Å². The van der Waals surface area contributed by atoms with Crippen molar-refractivity contribution in [3.8, 4) is 17.5 Å². The van der Waals surface area contributed by atoms with Crippen molar-refractivity contribution in [3.05, 3.63) is 59.3 Å². The molecular formula is C23H21N3O4. The zero-order chi connectivity index (χ0) is 21.5. The van der Waals surface area contributed by atoms with Crippen LogP contribution in [0.1, 0.15) is 28.0 Å². The molecule has 0 unspecified atom stereocenters. The third kappa shape index (κ3) is 3.31. The number of amides is 1. The molecule has 0 saturated carbocycles. The number of carbonyl (C=O) groups is 2. The Morgan fingerprint density at radius 3 is 2.73 bits per heavy atom. The van der Waals surface area contributed by atoms with Gasteiger partial charge in [0.15, 0.2) is 5.69 Å². The molecule has 152 valence electrons. The summed E-state index contributed by atoms with van der Waals surface area (Å²) in [5, 5.41) is 15.7. The Bertz CT molecular complexity index is 1230. The SMILES string of the molecule is COC(=O)c1nn(-c2cc(C)cc(C#C[C@]3(O)CCN(C)C3=O)c2)c2ccccc12. The largest absolute Gasteiger partial charge is 0.464 e. The molecule has 0 spiro atoms. The summed E-state index contributed by atoms with van der Waals surface area (Å²) in [6.45, 7) is 2.39. The molecular weight excluding hydrogens is 382 g/mol. The first kappa shape index (κ1) is 19.7.